The Morgan fingerprint density at radius 1 is 1.12 bits per heavy atom. The van der Waals surface area contributed by atoms with Crippen LogP contribution < -0.4 is 10.6 Å². The minimum Gasteiger partial charge on any atom is -0.338 e. The van der Waals surface area contributed by atoms with Crippen LogP contribution in [0, 0.1) is 0 Å². The molecule has 1 atom stereocenters. The van der Waals surface area contributed by atoms with E-state index in [1.54, 1.807) is 4.90 Å². The van der Waals surface area contributed by atoms with Gasteiger partial charge in [0, 0.05) is 39.1 Å². The maximum Gasteiger partial charge on any atom is 0.322 e. The number of carbonyl (C=O) groups is 3. The molecule has 4 amide bonds. The Balaban J connectivity index is 1.45. The fraction of sp³-hybridized carbons (Fsp3) is 0.421. The molecule has 0 aliphatic carbocycles. The van der Waals surface area contributed by atoms with Crippen molar-refractivity contribution < 1.29 is 14.4 Å². The van der Waals surface area contributed by atoms with E-state index in [4.69, 9.17) is 0 Å². The molecule has 1 unspecified atom stereocenters. The summed E-state index contributed by atoms with van der Waals surface area (Å²) in [6.45, 7) is 3.69. The maximum atomic E-state index is 12.6. The van der Waals surface area contributed by atoms with Crippen molar-refractivity contribution in [3.8, 4) is 0 Å². The van der Waals surface area contributed by atoms with E-state index in [1.165, 1.54) is 5.56 Å². The number of urea groups is 1. The van der Waals surface area contributed by atoms with E-state index in [-0.39, 0.29) is 18.2 Å². The van der Waals surface area contributed by atoms with Gasteiger partial charge in [0.05, 0.1) is 0 Å². The molecule has 2 aliphatic rings. The van der Waals surface area contributed by atoms with Crippen molar-refractivity contribution in [1.29, 1.82) is 0 Å². The second-order valence-electron chi connectivity index (χ2n) is 6.55. The predicted octanol–water partition coefficient (Wildman–Crippen LogP) is 0.832. The molecule has 7 heteroatoms. The first-order chi connectivity index (χ1) is 12.6. The summed E-state index contributed by atoms with van der Waals surface area (Å²) >= 11 is 0. The van der Waals surface area contributed by atoms with Gasteiger partial charge >= 0.3 is 6.03 Å². The number of benzene rings is 1. The van der Waals surface area contributed by atoms with Crippen molar-refractivity contribution >= 4 is 23.9 Å². The predicted molar refractivity (Wildman–Crippen MR) is 98.2 cm³/mol. The summed E-state index contributed by atoms with van der Waals surface area (Å²) < 4.78 is 0. The highest BCUT2D eigenvalue weighted by Crippen LogP contribution is 2.10. The minimum absolute atomic E-state index is 0.102. The Morgan fingerprint density at radius 3 is 2.58 bits per heavy atom. The van der Waals surface area contributed by atoms with Gasteiger partial charge in [-0.25, -0.2) is 4.79 Å². The smallest absolute Gasteiger partial charge is 0.322 e. The van der Waals surface area contributed by atoms with Crippen LogP contribution in [0.2, 0.25) is 0 Å². The third-order valence-electron chi connectivity index (χ3n) is 4.67. The van der Waals surface area contributed by atoms with Crippen LogP contribution in [-0.4, -0.2) is 66.4 Å². The standard InChI is InChI=1S/C19H24N4O3/c24-17-9-8-16(20-19(26)21-17)18(25)23-13-11-22(12-14-23)10-4-7-15-5-2-1-3-6-15/h1-7,16H,8-14H2,(H2,20,21,24,26)/b7-4+. The molecule has 2 N–H and O–H groups in total. The molecule has 2 fully saturated rings. The quantitative estimate of drug-likeness (QED) is 0.837. The molecule has 2 saturated heterocycles. The number of amides is 4. The number of piperazine rings is 1. The molecular weight excluding hydrogens is 332 g/mol. The van der Waals surface area contributed by atoms with Gasteiger partial charge in [-0.1, -0.05) is 42.5 Å². The van der Waals surface area contributed by atoms with Crippen LogP contribution in [0.4, 0.5) is 4.79 Å². The molecule has 0 spiro atoms. The lowest BCUT2D eigenvalue weighted by Crippen LogP contribution is -2.55. The first-order valence-electron chi connectivity index (χ1n) is 8.95. The number of imide groups is 1. The van der Waals surface area contributed by atoms with E-state index in [1.807, 2.05) is 18.2 Å². The van der Waals surface area contributed by atoms with Crippen LogP contribution in [0.3, 0.4) is 0 Å². The van der Waals surface area contributed by atoms with Gasteiger partial charge in [0.2, 0.25) is 11.8 Å². The summed E-state index contributed by atoms with van der Waals surface area (Å²) in [6, 6.07) is 8.94. The SMILES string of the molecule is O=C1CCC(C(=O)N2CCN(C/C=C/c3ccccc3)CC2)NC(=O)N1. The van der Waals surface area contributed by atoms with E-state index < -0.39 is 12.1 Å². The molecule has 2 heterocycles. The van der Waals surface area contributed by atoms with Crippen molar-refractivity contribution in [1.82, 2.24) is 20.4 Å². The molecule has 3 rings (SSSR count). The first kappa shape index (κ1) is 18.1. The lowest BCUT2D eigenvalue weighted by Gasteiger charge is -2.35. The highest BCUT2D eigenvalue weighted by atomic mass is 16.2. The Hall–Kier alpha value is -2.67. The lowest BCUT2D eigenvalue weighted by atomic mass is 10.1. The molecular formula is C19H24N4O3. The summed E-state index contributed by atoms with van der Waals surface area (Å²) in [6.07, 6.45) is 4.76. The van der Waals surface area contributed by atoms with E-state index >= 15 is 0 Å². The number of nitrogens with zero attached hydrogens (tertiary/aromatic N) is 2. The summed E-state index contributed by atoms with van der Waals surface area (Å²) in [5, 5.41) is 4.78. The average Bonchev–Trinajstić information content (AvgIpc) is 2.83. The zero-order valence-corrected chi connectivity index (χ0v) is 14.7. The maximum absolute atomic E-state index is 12.6. The molecule has 0 bridgehead atoms. The summed E-state index contributed by atoms with van der Waals surface area (Å²) in [4.78, 5) is 39.6. The Bertz CT molecular complexity index is 681. The van der Waals surface area contributed by atoms with Crippen LogP contribution >= 0.6 is 0 Å². The largest absolute Gasteiger partial charge is 0.338 e. The fourth-order valence-electron chi connectivity index (χ4n) is 3.19. The van der Waals surface area contributed by atoms with Gasteiger partial charge < -0.3 is 10.2 Å². The average molecular weight is 356 g/mol. The summed E-state index contributed by atoms with van der Waals surface area (Å²) in [5.41, 5.74) is 1.17. The van der Waals surface area contributed by atoms with Crippen LogP contribution in [0.15, 0.2) is 36.4 Å². The lowest BCUT2D eigenvalue weighted by molar-refractivity contribution is -0.135. The van der Waals surface area contributed by atoms with Crippen LogP contribution in [0.5, 0.6) is 0 Å². The second kappa shape index (κ2) is 8.62. The van der Waals surface area contributed by atoms with Crippen LogP contribution in [-0.2, 0) is 9.59 Å². The highest BCUT2D eigenvalue weighted by molar-refractivity contribution is 5.98. The van der Waals surface area contributed by atoms with E-state index in [2.05, 4.69) is 39.8 Å². The topological polar surface area (TPSA) is 81.8 Å². The van der Waals surface area contributed by atoms with Crippen molar-refractivity contribution in [3.05, 3.63) is 42.0 Å². The molecule has 1 aromatic rings. The van der Waals surface area contributed by atoms with Crippen molar-refractivity contribution in [2.24, 2.45) is 0 Å². The molecule has 26 heavy (non-hydrogen) atoms. The zero-order valence-electron chi connectivity index (χ0n) is 14.7. The van der Waals surface area contributed by atoms with Crippen molar-refractivity contribution in [2.45, 2.75) is 18.9 Å². The number of hydrogen-bond acceptors (Lipinski definition) is 4. The number of nitrogens with one attached hydrogen (secondary N) is 2. The molecule has 2 aliphatic heterocycles. The van der Waals surface area contributed by atoms with E-state index in [0.717, 1.165) is 19.6 Å². The van der Waals surface area contributed by atoms with Crippen molar-refractivity contribution in [2.75, 3.05) is 32.7 Å². The third kappa shape index (κ3) is 4.92. The van der Waals surface area contributed by atoms with Gasteiger partial charge in [-0.3, -0.25) is 19.8 Å². The van der Waals surface area contributed by atoms with Gasteiger partial charge in [0.1, 0.15) is 6.04 Å². The molecule has 7 nitrogen and oxygen atoms in total. The summed E-state index contributed by atoms with van der Waals surface area (Å²) in [7, 11) is 0. The Kier molecular flexibility index (Phi) is 6.01. The number of carbonyl (C=O) groups excluding carboxylic acids is 3. The van der Waals surface area contributed by atoms with Gasteiger partial charge in [-0.05, 0) is 12.0 Å². The minimum atomic E-state index is -0.619. The molecule has 1 aromatic carbocycles. The van der Waals surface area contributed by atoms with Crippen molar-refractivity contribution in [3.63, 3.8) is 0 Å². The van der Waals surface area contributed by atoms with Crippen LogP contribution in [0.1, 0.15) is 18.4 Å². The van der Waals surface area contributed by atoms with Gasteiger partial charge in [-0.2, -0.15) is 0 Å². The van der Waals surface area contributed by atoms with E-state index in [9.17, 15) is 14.4 Å². The number of hydrogen-bond donors (Lipinski definition) is 2. The molecule has 0 aromatic heterocycles. The fourth-order valence-corrected chi connectivity index (χ4v) is 3.19. The zero-order chi connectivity index (χ0) is 18.4. The molecule has 0 saturated carbocycles. The Labute approximate surface area is 153 Å². The monoisotopic (exact) mass is 356 g/mol. The summed E-state index contributed by atoms with van der Waals surface area (Å²) in [5.74, 6) is -0.442. The van der Waals surface area contributed by atoms with Gasteiger partial charge in [0.15, 0.2) is 0 Å². The second-order valence-corrected chi connectivity index (χ2v) is 6.55. The molecule has 0 radical (unpaired) electrons. The third-order valence-corrected chi connectivity index (χ3v) is 4.67. The normalized spacial score (nSPS) is 22.0. The number of rotatable bonds is 4. The Morgan fingerprint density at radius 2 is 1.85 bits per heavy atom. The first-order valence-corrected chi connectivity index (χ1v) is 8.95. The van der Waals surface area contributed by atoms with Crippen LogP contribution in [0.25, 0.3) is 6.08 Å². The molecule has 138 valence electrons. The van der Waals surface area contributed by atoms with E-state index in [0.29, 0.717) is 19.5 Å². The van der Waals surface area contributed by atoms with Gasteiger partial charge in [0.25, 0.3) is 0 Å². The highest BCUT2D eigenvalue weighted by Gasteiger charge is 2.31. The van der Waals surface area contributed by atoms with Gasteiger partial charge in [-0.15, -0.1) is 0 Å².